The minimum atomic E-state index is -0.920. The molecule has 2 heterocycles. The first-order chi connectivity index (χ1) is 17.8. The lowest BCUT2D eigenvalue weighted by atomic mass is 9.84. The van der Waals surface area contributed by atoms with Gasteiger partial charge in [-0.25, -0.2) is 0 Å². The number of fused-ring (bicyclic) bond motifs is 1. The average Bonchev–Trinajstić information content (AvgIpc) is 3.48. The highest BCUT2D eigenvalue weighted by atomic mass is 16.7. The smallest absolute Gasteiger partial charge is 0.308 e. The number of unbranched alkanes of at least 4 members (excludes halogenated alkanes) is 1. The van der Waals surface area contributed by atoms with E-state index in [1.165, 1.54) is 6.92 Å². The van der Waals surface area contributed by atoms with E-state index in [0.717, 1.165) is 18.4 Å². The molecule has 2 aliphatic heterocycles. The molecule has 0 bridgehead atoms. The molecule has 3 rings (SSSR count). The van der Waals surface area contributed by atoms with Crippen LogP contribution in [0.5, 0.6) is 11.5 Å². The van der Waals surface area contributed by atoms with Crippen molar-refractivity contribution in [2.75, 3.05) is 52.7 Å². The lowest BCUT2D eigenvalue weighted by Crippen LogP contribution is -2.46. The Labute approximate surface area is 219 Å². The Bertz CT molecular complexity index is 933. The minimum Gasteiger partial charge on any atom is -0.481 e. The third-order valence-corrected chi connectivity index (χ3v) is 7.44. The molecule has 206 valence electrons. The van der Waals surface area contributed by atoms with E-state index in [9.17, 15) is 24.6 Å². The summed E-state index contributed by atoms with van der Waals surface area (Å²) in [6.07, 6.45) is 2.76. The van der Waals surface area contributed by atoms with Crippen molar-refractivity contribution < 1.29 is 34.1 Å². The molecule has 1 aromatic carbocycles. The van der Waals surface area contributed by atoms with Crippen LogP contribution in [0, 0.1) is 5.92 Å². The number of benzene rings is 1. The standard InChI is InChI=1S/C27H41N3O7/c1-4-6-11-29(12-7-14-31)25(33)17-30-16-21(20-8-9-23-24(15-20)37-18-36-23)26(27(34)35)22(30)10-13-28(5-2)19(3)32/h8-9,15,21-22,26,31H,4-7,10-14,16-18H2,1-3H3,(H,34,35)/t21-,22+,26-/m1/s1. The summed E-state index contributed by atoms with van der Waals surface area (Å²) >= 11 is 0. The van der Waals surface area contributed by atoms with E-state index in [1.54, 1.807) is 15.9 Å². The molecule has 0 unspecified atom stereocenters. The quantitative estimate of drug-likeness (QED) is 0.384. The number of amides is 2. The predicted molar refractivity (Wildman–Crippen MR) is 138 cm³/mol. The number of ether oxygens (including phenoxy) is 2. The van der Waals surface area contributed by atoms with Crippen molar-refractivity contribution in [3.05, 3.63) is 23.8 Å². The van der Waals surface area contributed by atoms with Gasteiger partial charge in [-0.1, -0.05) is 19.4 Å². The van der Waals surface area contributed by atoms with E-state index in [0.29, 0.717) is 57.1 Å². The Morgan fingerprint density at radius 2 is 1.78 bits per heavy atom. The van der Waals surface area contributed by atoms with Crippen LogP contribution in [0.3, 0.4) is 0 Å². The predicted octanol–water partition coefficient (Wildman–Crippen LogP) is 2.15. The van der Waals surface area contributed by atoms with E-state index in [-0.39, 0.29) is 37.7 Å². The summed E-state index contributed by atoms with van der Waals surface area (Å²) in [7, 11) is 0. The average molecular weight is 520 g/mol. The van der Waals surface area contributed by atoms with Crippen LogP contribution < -0.4 is 9.47 Å². The van der Waals surface area contributed by atoms with Gasteiger partial charge >= 0.3 is 5.97 Å². The molecule has 1 aromatic rings. The summed E-state index contributed by atoms with van der Waals surface area (Å²) in [5.41, 5.74) is 0.832. The first-order valence-corrected chi connectivity index (χ1v) is 13.3. The molecule has 10 heteroatoms. The molecule has 1 fully saturated rings. The number of rotatable bonds is 14. The van der Waals surface area contributed by atoms with Gasteiger partial charge in [-0.05, 0) is 43.9 Å². The maximum Gasteiger partial charge on any atom is 0.308 e. The number of aliphatic carboxylic acids is 1. The highest BCUT2D eigenvalue weighted by molar-refractivity contribution is 5.79. The van der Waals surface area contributed by atoms with E-state index < -0.39 is 17.9 Å². The first kappa shape index (κ1) is 28.7. The number of carbonyl (C=O) groups is 3. The Kier molecular flexibility index (Phi) is 10.6. The molecule has 2 N–H and O–H groups in total. The number of likely N-dealkylation sites (tertiary alicyclic amines) is 1. The summed E-state index contributed by atoms with van der Waals surface area (Å²) < 4.78 is 11.0. The number of hydrogen-bond donors (Lipinski definition) is 2. The number of carbonyl (C=O) groups excluding carboxylic acids is 2. The first-order valence-electron chi connectivity index (χ1n) is 13.3. The van der Waals surface area contributed by atoms with Crippen molar-refractivity contribution in [1.29, 1.82) is 0 Å². The minimum absolute atomic E-state index is 0.00736. The molecule has 0 saturated carbocycles. The van der Waals surface area contributed by atoms with Crippen molar-refractivity contribution in [2.24, 2.45) is 5.92 Å². The third-order valence-electron chi connectivity index (χ3n) is 7.44. The van der Waals surface area contributed by atoms with Gasteiger partial charge in [-0.15, -0.1) is 0 Å². The molecule has 10 nitrogen and oxygen atoms in total. The van der Waals surface area contributed by atoms with Crippen molar-refractivity contribution in [3.8, 4) is 11.5 Å². The Morgan fingerprint density at radius 3 is 2.43 bits per heavy atom. The van der Waals surface area contributed by atoms with Gasteiger partial charge in [-0.3, -0.25) is 19.3 Å². The second kappa shape index (κ2) is 13.6. The topological polar surface area (TPSA) is 120 Å². The molecule has 0 aromatic heterocycles. The maximum atomic E-state index is 13.4. The van der Waals surface area contributed by atoms with Crippen LogP contribution in [-0.2, 0) is 14.4 Å². The van der Waals surface area contributed by atoms with Crippen molar-refractivity contribution in [3.63, 3.8) is 0 Å². The normalized spacial score (nSPS) is 20.7. The molecule has 2 aliphatic rings. The molecule has 1 saturated heterocycles. The van der Waals surface area contributed by atoms with E-state index in [2.05, 4.69) is 6.92 Å². The van der Waals surface area contributed by atoms with Crippen LogP contribution in [0.2, 0.25) is 0 Å². The van der Waals surface area contributed by atoms with Crippen LogP contribution in [0.25, 0.3) is 0 Å². The summed E-state index contributed by atoms with van der Waals surface area (Å²) in [5.74, 6) is -0.919. The van der Waals surface area contributed by atoms with Gasteiger partial charge in [0.1, 0.15) is 0 Å². The molecular formula is C27H41N3O7. The number of carboxylic acid groups (broad SMARTS) is 1. The zero-order valence-electron chi connectivity index (χ0n) is 22.2. The number of carboxylic acids is 1. The van der Waals surface area contributed by atoms with Crippen LogP contribution in [-0.4, -0.2) is 101 Å². The van der Waals surface area contributed by atoms with E-state index >= 15 is 0 Å². The third kappa shape index (κ3) is 7.13. The monoisotopic (exact) mass is 519 g/mol. The fourth-order valence-electron chi connectivity index (χ4n) is 5.41. The van der Waals surface area contributed by atoms with Crippen LogP contribution in [0.4, 0.5) is 0 Å². The Balaban J connectivity index is 1.88. The molecule has 37 heavy (non-hydrogen) atoms. The lowest BCUT2D eigenvalue weighted by Gasteiger charge is -2.31. The van der Waals surface area contributed by atoms with E-state index in [1.807, 2.05) is 24.0 Å². The SMILES string of the molecule is CCCCN(CCCO)C(=O)CN1C[C@H](c2ccc3c(c2)OCO3)[C@@H](C(=O)O)[C@@H]1CCN(CC)C(C)=O. The Hall–Kier alpha value is -2.85. The molecular weight excluding hydrogens is 478 g/mol. The highest BCUT2D eigenvalue weighted by Crippen LogP contribution is 2.42. The zero-order chi connectivity index (χ0) is 26.9. The second-order valence-corrected chi connectivity index (χ2v) is 9.78. The molecule has 0 radical (unpaired) electrons. The van der Waals surface area contributed by atoms with Gasteiger partial charge in [0, 0.05) is 58.2 Å². The van der Waals surface area contributed by atoms with Gasteiger partial charge in [0.05, 0.1) is 12.5 Å². The highest BCUT2D eigenvalue weighted by Gasteiger charge is 2.47. The fraction of sp³-hybridized carbons (Fsp3) is 0.667. The van der Waals surface area contributed by atoms with Crippen LogP contribution in [0.15, 0.2) is 18.2 Å². The van der Waals surface area contributed by atoms with Crippen LogP contribution >= 0.6 is 0 Å². The molecule has 0 spiro atoms. The van der Waals surface area contributed by atoms with Gasteiger partial charge in [0.25, 0.3) is 0 Å². The van der Waals surface area contributed by atoms with Crippen molar-refractivity contribution in [1.82, 2.24) is 14.7 Å². The number of aliphatic hydroxyl groups is 1. The van der Waals surface area contributed by atoms with Crippen LogP contribution in [0.1, 0.15) is 57.9 Å². The molecule has 2 amide bonds. The number of aliphatic hydroxyl groups excluding tert-OH is 1. The van der Waals surface area contributed by atoms with Crippen molar-refractivity contribution >= 4 is 17.8 Å². The summed E-state index contributed by atoms with van der Waals surface area (Å²) in [5, 5.41) is 19.6. The summed E-state index contributed by atoms with van der Waals surface area (Å²) in [6.45, 7) is 8.14. The zero-order valence-corrected chi connectivity index (χ0v) is 22.2. The second-order valence-electron chi connectivity index (χ2n) is 9.78. The summed E-state index contributed by atoms with van der Waals surface area (Å²) in [4.78, 5) is 43.5. The van der Waals surface area contributed by atoms with Gasteiger partial charge < -0.3 is 29.5 Å². The van der Waals surface area contributed by atoms with Gasteiger partial charge in [-0.2, -0.15) is 0 Å². The van der Waals surface area contributed by atoms with E-state index in [4.69, 9.17) is 9.47 Å². The Morgan fingerprint density at radius 1 is 1.05 bits per heavy atom. The largest absolute Gasteiger partial charge is 0.481 e. The molecule has 0 aliphatic carbocycles. The summed E-state index contributed by atoms with van der Waals surface area (Å²) in [6, 6.07) is 5.10. The number of hydrogen-bond acceptors (Lipinski definition) is 7. The van der Waals surface area contributed by atoms with Gasteiger partial charge in [0.2, 0.25) is 18.6 Å². The maximum absolute atomic E-state index is 13.4. The molecule has 3 atom stereocenters. The fourth-order valence-corrected chi connectivity index (χ4v) is 5.41. The van der Waals surface area contributed by atoms with Gasteiger partial charge in [0.15, 0.2) is 11.5 Å². The lowest BCUT2D eigenvalue weighted by molar-refractivity contribution is -0.144. The van der Waals surface area contributed by atoms with Crippen molar-refractivity contribution in [2.45, 2.75) is 58.4 Å². The number of nitrogens with zero attached hydrogens (tertiary/aromatic N) is 3.